The Bertz CT molecular complexity index is 214. The van der Waals surface area contributed by atoms with E-state index in [4.69, 9.17) is 14.2 Å². The van der Waals surface area contributed by atoms with Gasteiger partial charge in [-0.2, -0.15) is 0 Å². The smallest absolute Gasteiger partial charge is 0.336 e. The van der Waals surface area contributed by atoms with Gasteiger partial charge in [0.15, 0.2) is 6.10 Å². The predicted molar refractivity (Wildman–Crippen MR) is 46.0 cm³/mol. The van der Waals surface area contributed by atoms with E-state index in [0.29, 0.717) is 6.61 Å². The molecule has 0 aromatic carbocycles. The van der Waals surface area contributed by atoms with Crippen LogP contribution in [-0.4, -0.2) is 32.6 Å². The van der Waals surface area contributed by atoms with Crippen molar-refractivity contribution in [1.29, 1.82) is 0 Å². The maximum absolute atomic E-state index is 11.2. The highest BCUT2D eigenvalue weighted by Crippen LogP contribution is 2.32. The summed E-state index contributed by atoms with van der Waals surface area (Å²) >= 11 is 0. The van der Waals surface area contributed by atoms with Crippen LogP contribution in [0.5, 0.6) is 0 Å². The molecule has 1 saturated heterocycles. The minimum atomic E-state index is -0.593. The number of cyclic esters (lactones) is 1. The maximum Gasteiger partial charge on any atom is 0.336 e. The number of hydrogen-bond donors (Lipinski definition) is 0. The van der Waals surface area contributed by atoms with Crippen molar-refractivity contribution in [2.24, 2.45) is 5.41 Å². The number of esters is 1. The fourth-order valence-electron chi connectivity index (χ4n) is 1.21. The summed E-state index contributed by atoms with van der Waals surface area (Å²) in [4.78, 5) is 11.2. The second kappa shape index (κ2) is 3.89. The molecule has 4 nitrogen and oxygen atoms in total. The quantitative estimate of drug-likeness (QED) is 0.369. The average Bonchev–Trinajstić information content (AvgIpc) is 2.41. The third-order valence-corrected chi connectivity index (χ3v) is 2.16. The van der Waals surface area contributed by atoms with E-state index in [2.05, 4.69) is 6.58 Å². The first-order valence-electron chi connectivity index (χ1n) is 4.05. The number of ether oxygens (including phenoxy) is 3. The van der Waals surface area contributed by atoms with Gasteiger partial charge in [-0.3, -0.25) is 0 Å². The van der Waals surface area contributed by atoms with Gasteiger partial charge in [0.25, 0.3) is 0 Å². The van der Waals surface area contributed by atoms with Gasteiger partial charge in [-0.25, -0.2) is 4.79 Å². The number of carbonyl (C=O) groups excluding carboxylic acids is 1. The first-order valence-corrected chi connectivity index (χ1v) is 4.05. The van der Waals surface area contributed by atoms with Crippen LogP contribution in [0.4, 0.5) is 0 Å². The van der Waals surface area contributed by atoms with E-state index in [1.165, 1.54) is 7.11 Å². The molecule has 13 heavy (non-hydrogen) atoms. The Labute approximate surface area is 77.5 Å². The van der Waals surface area contributed by atoms with Crippen LogP contribution in [0.15, 0.2) is 12.7 Å². The number of methoxy groups -OCH3 is 1. The van der Waals surface area contributed by atoms with Crippen molar-refractivity contribution >= 4 is 5.97 Å². The van der Waals surface area contributed by atoms with Gasteiger partial charge in [0, 0.05) is 7.11 Å². The number of hydrogen-bond acceptors (Lipinski definition) is 4. The highest BCUT2D eigenvalue weighted by atomic mass is 16.7. The predicted octanol–water partition coefficient (Wildman–Crippen LogP) is 0.725. The lowest BCUT2D eigenvalue weighted by molar-refractivity contribution is -0.155. The zero-order valence-electron chi connectivity index (χ0n) is 7.91. The van der Waals surface area contributed by atoms with E-state index < -0.39 is 11.5 Å². The van der Waals surface area contributed by atoms with Gasteiger partial charge in [-0.05, 0) is 6.92 Å². The van der Waals surface area contributed by atoms with Crippen molar-refractivity contribution in [2.45, 2.75) is 13.0 Å². The van der Waals surface area contributed by atoms with Crippen molar-refractivity contribution in [3.63, 3.8) is 0 Å². The van der Waals surface area contributed by atoms with Crippen LogP contribution in [0.25, 0.3) is 0 Å². The van der Waals surface area contributed by atoms with Crippen LogP contribution in [0.1, 0.15) is 6.92 Å². The summed E-state index contributed by atoms with van der Waals surface area (Å²) in [6.07, 6.45) is 1.09. The maximum atomic E-state index is 11.2. The molecule has 0 radical (unpaired) electrons. The number of rotatable bonds is 4. The molecule has 0 N–H and O–H groups in total. The molecular formula is C9H14O4. The molecule has 74 valence electrons. The van der Waals surface area contributed by atoms with Crippen LogP contribution in [0.2, 0.25) is 0 Å². The second-order valence-corrected chi connectivity index (χ2v) is 3.27. The summed E-state index contributed by atoms with van der Waals surface area (Å²) in [5.41, 5.74) is -0.435. The molecule has 4 heteroatoms. The molecule has 0 bridgehead atoms. The largest absolute Gasteiger partial charge is 0.463 e. The summed E-state index contributed by atoms with van der Waals surface area (Å²) in [6.45, 7) is 5.93. The second-order valence-electron chi connectivity index (χ2n) is 3.27. The van der Waals surface area contributed by atoms with Crippen molar-refractivity contribution in [2.75, 3.05) is 20.5 Å². The Hall–Kier alpha value is -0.870. The first-order chi connectivity index (χ1) is 6.14. The lowest BCUT2D eigenvalue weighted by atomic mass is 9.87. The fourth-order valence-corrected chi connectivity index (χ4v) is 1.21. The molecule has 1 heterocycles. The Morgan fingerprint density at radius 2 is 2.54 bits per heavy atom. The molecule has 0 amide bonds. The van der Waals surface area contributed by atoms with E-state index in [9.17, 15) is 4.79 Å². The SMILES string of the molecule is C=C[C@@]1(C)COC(=O)[C@H]1OCOC. The van der Waals surface area contributed by atoms with Crippen LogP contribution >= 0.6 is 0 Å². The van der Waals surface area contributed by atoms with Gasteiger partial charge in [0.05, 0.1) is 5.41 Å². The lowest BCUT2D eigenvalue weighted by Crippen LogP contribution is -2.34. The Balaban J connectivity index is 2.65. The van der Waals surface area contributed by atoms with Gasteiger partial charge < -0.3 is 14.2 Å². The molecule has 0 aromatic heterocycles. The highest BCUT2D eigenvalue weighted by molar-refractivity contribution is 5.78. The molecule has 0 saturated carbocycles. The molecule has 0 unspecified atom stereocenters. The third-order valence-electron chi connectivity index (χ3n) is 2.16. The molecule has 0 spiro atoms. The van der Waals surface area contributed by atoms with Crippen LogP contribution in [0.3, 0.4) is 0 Å². The Kier molecular flexibility index (Phi) is 3.06. The summed E-state index contributed by atoms with van der Waals surface area (Å²) < 4.78 is 14.8. The van der Waals surface area contributed by atoms with Gasteiger partial charge in [-0.1, -0.05) is 6.08 Å². The topological polar surface area (TPSA) is 44.8 Å². The van der Waals surface area contributed by atoms with E-state index >= 15 is 0 Å². The van der Waals surface area contributed by atoms with Gasteiger partial charge in [0.1, 0.15) is 13.4 Å². The minimum absolute atomic E-state index is 0.0865. The van der Waals surface area contributed by atoms with E-state index in [-0.39, 0.29) is 12.8 Å². The van der Waals surface area contributed by atoms with Gasteiger partial charge >= 0.3 is 5.97 Å². The van der Waals surface area contributed by atoms with Crippen molar-refractivity contribution in [3.05, 3.63) is 12.7 Å². The molecule has 1 rings (SSSR count). The monoisotopic (exact) mass is 186 g/mol. The van der Waals surface area contributed by atoms with Crippen LogP contribution in [0, 0.1) is 5.41 Å². The molecule has 0 aliphatic carbocycles. The Morgan fingerprint density at radius 3 is 3.08 bits per heavy atom. The zero-order valence-corrected chi connectivity index (χ0v) is 7.91. The van der Waals surface area contributed by atoms with E-state index in [1.54, 1.807) is 6.08 Å². The normalized spacial score (nSPS) is 33.1. The molecule has 1 fully saturated rings. The van der Waals surface area contributed by atoms with Crippen molar-refractivity contribution in [3.8, 4) is 0 Å². The summed E-state index contributed by atoms with van der Waals surface area (Å²) in [6, 6.07) is 0. The van der Waals surface area contributed by atoms with E-state index in [1.807, 2.05) is 6.92 Å². The average molecular weight is 186 g/mol. The zero-order chi connectivity index (χ0) is 9.90. The Morgan fingerprint density at radius 1 is 1.85 bits per heavy atom. The standard InChI is InChI=1S/C9H14O4/c1-4-9(2)5-12-8(10)7(9)13-6-11-3/h4,7H,1,5-6H2,2-3H3/t7-,9+/m1/s1. The fraction of sp³-hybridized carbons (Fsp3) is 0.667. The summed E-state index contributed by atoms with van der Waals surface area (Å²) in [7, 11) is 1.51. The molecule has 1 aliphatic rings. The van der Waals surface area contributed by atoms with Crippen LogP contribution < -0.4 is 0 Å². The number of carbonyl (C=O) groups is 1. The van der Waals surface area contributed by atoms with Gasteiger partial charge in [0.2, 0.25) is 0 Å². The van der Waals surface area contributed by atoms with Crippen molar-refractivity contribution < 1.29 is 19.0 Å². The summed E-state index contributed by atoms with van der Waals surface area (Å²) in [5, 5.41) is 0. The first kappa shape index (κ1) is 10.2. The minimum Gasteiger partial charge on any atom is -0.463 e. The highest BCUT2D eigenvalue weighted by Gasteiger charge is 2.46. The van der Waals surface area contributed by atoms with E-state index in [0.717, 1.165) is 0 Å². The van der Waals surface area contributed by atoms with Gasteiger partial charge in [-0.15, -0.1) is 6.58 Å². The lowest BCUT2D eigenvalue weighted by Gasteiger charge is -2.22. The van der Waals surface area contributed by atoms with Crippen molar-refractivity contribution in [1.82, 2.24) is 0 Å². The molecular weight excluding hydrogens is 172 g/mol. The molecule has 1 aliphatic heterocycles. The molecule has 0 aromatic rings. The molecule has 2 atom stereocenters. The van der Waals surface area contributed by atoms with Crippen LogP contribution in [-0.2, 0) is 19.0 Å². The third kappa shape index (κ3) is 1.89. The summed E-state index contributed by atoms with van der Waals surface area (Å²) in [5.74, 6) is -0.348.